The molecule has 1 atom stereocenters. The fraction of sp³-hybridized carbons (Fsp3) is 0.333. The molecular formula is C12H12BrF3N2O3. The molecule has 1 unspecified atom stereocenters. The van der Waals surface area contributed by atoms with Gasteiger partial charge in [-0.1, -0.05) is 22.0 Å². The van der Waals surface area contributed by atoms with Crippen LogP contribution in [0.15, 0.2) is 22.7 Å². The Morgan fingerprint density at radius 3 is 2.33 bits per heavy atom. The molecule has 2 amide bonds. The van der Waals surface area contributed by atoms with Gasteiger partial charge < -0.3 is 15.7 Å². The SMILES string of the molecule is Cc1ccc(Br)cc1NC(=O)NC(C)(C(=O)O)C(F)(F)F. The number of urea groups is 1. The number of alkyl halides is 3. The highest BCUT2D eigenvalue weighted by molar-refractivity contribution is 9.10. The minimum atomic E-state index is -5.14. The number of benzene rings is 1. The molecule has 0 spiro atoms. The van der Waals surface area contributed by atoms with Gasteiger partial charge in [0.2, 0.25) is 5.54 Å². The number of rotatable bonds is 3. The van der Waals surface area contributed by atoms with Gasteiger partial charge in [0, 0.05) is 10.2 Å². The third kappa shape index (κ3) is 3.87. The molecule has 0 radical (unpaired) electrons. The Balaban J connectivity index is 2.95. The van der Waals surface area contributed by atoms with Gasteiger partial charge in [-0.05, 0) is 31.5 Å². The molecule has 5 nitrogen and oxygen atoms in total. The Morgan fingerprint density at radius 1 is 1.29 bits per heavy atom. The van der Waals surface area contributed by atoms with E-state index >= 15 is 0 Å². The van der Waals surface area contributed by atoms with Gasteiger partial charge in [-0.2, -0.15) is 13.2 Å². The molecule has 21 heavy (non-hydrogen) atoms. The first-order valence-electron chi connectivity index (χ1n) is 5.63. The maximum Gasteiger partial charge on any atom is 0.422 e. The van der Waals surface area contributed by atoms with E-state index in [0.717, 1.165) is 0 Å². The van der Waals surface area contributed by atoms with Crippen molar-refractivity contribution in [3.05, 3.63) is 28.2 Å². The smallest absolute Gasteiger partial charge is 0.422 e. The molecule has 9 heteroatoms. The minimum absolute atomic E-state index is 0.261. The van der Waals surface area contributed by atoms with E-state index in [1.807, 2.05) is 0 Å². The van der Waals surface area contributed by atoms with Crippen LogP contribution in [0.3, 0.4) is 0 Å². The van der Waals surface area contributed by atoms with Crippen LogP contribution in [0.25, 0.3) is 0 Å². The van der Waals surface area contributed by atoms with Crippen LogP contribution in [0, 0.1) is 6.92 Å². The average Bonchev–Trinajstić information content (AvgIpc) is 2.32. The average molecular weight is 369 g/mol. The van der Waals surface area contributed by atoms with Gasteiger partial charge >= 0.3 is 18.2 Å². The van der Waals surface area contributed by atoms with Crippen LogP contribution in [0.5, 0.6) is 0 Å². The number of carboxylic acids is 1. The van der Waals surface area contributed by atoms with Crippen LogP contribution >= 0.6 is 15.9 Å². The van der Waals surface area contributed by atoms with Crippen molar-refractivity contribution in [3.8, 4) is 0 Å². The van der Waals surface area contributed by atoms with Crippen LogP contribution in [0.1, 0.15) is 12.5 Å². The number of nitrogens with one attached hydrogen (secondary N) is 2. The van der Waals surface area contributed by atoms with Crippen LogP contribution < -0.4 is 10.6 Å². The molecule has 0 saturated carbocycles. The van der Waals surface area contributed by atoms with E-state index in [2.05, 4.69) is 21.2 Å². The zero-order valence-electron chi connectivity index (χ0n) is 11.0. The number of hydrogen-bond acceptors (Lipinski definition) is 2. The van der Waals surface area contributed by atoms with E-state index in [0.29, 0.717) is 17.0 Å². The first kappa shape index (κ1) is 17.3. The summed E-state index contributed by atoms with van der Waals surface area (Å²) >= 11 is 3.16. The highest BCUT2D eigenvalue weighted by atomic mass is 79.9. The van der Waals surface area contributed by atoms with Gasteiger partial charge in [-0.3, -0.25) is 0 Å². The molecular weight excluding hydrogens is 357 g/mol. The molecule has 0 heterocycles. The third-order valence-electron chi connectivity index (χ3n) is 2.81. The molecule has 0 bridgehead atoms. The summed E-state index contributed by atoms with van der Waals surface area (Å²) in [5.74, 6) is -2.20. The van der Waals surface area contributed by atoms with Gasteiger partial charge in [0.05, 0.1) is 0 Å². The van der Waals surface area contributed by atoms with E-state index in [4.69, 9.17) is 5.11 Å². The van der Waals surface area contributed by atoms with Crippen LogP contribution in [-0.4, -0.2) is 28.8 Å². The molecule has 0 fully saturated rings. The number of anilines is 1. The van der Waals surface area contributed by atoms with E-state index < -0.39 is 23.7 Å². The normalized spacial score (nSPS) is 14.2. The maximum absolute atomic E-state index is 12.8. The minimum Gasteiger partial charge on any atom is -0.479 e. The summed E-state index contributed by atoms with van der Waals surface area (Å²) < 4.78 is 38.9. The molecule has 0 aliphatic heterocycles. The molecule has 1 aromatic carbocycles. The highest BCUT2D eigenvalue weighted by Crippen LogP contribution is 2.30. The number of carbonyl (C=O) groups excluding carboxylic acids is 1. The first-order valence-corrected chi connectivity index (χ1v) is 6.42. The Hall–Kier alpha value is -1.77. The molecule has 0 aliphatic carbocycles. The van der Waals surface area contributed by atoms with Crippen LogP contribution in [-0.2, 0) is 4.79 Å². The number of hydrogen-bond donors (Lipinski definition) is 3. The number of carbonyl (C=O) groups is 2. The van der Waals surface area contributed by atoms with Crippen molar-refractivity contribution in [2.45, 2.75) is 25.6 Å². The molecule has 116 valence electrons. The summed E-state index contributed by atoms with van der Waals surface area (Å²) in [6.45, 7) is 2.02. The lowest BCUT2D eigenvalue weighted by Crippen LogP contribution is -2.62. The molecule has 0 saturated heterocycles. The second-order valence-electron chi connectivity index (χ2n) is 4.47. The fourth-order valence-corrected chi connectivity index (χ4v) is 1.72. The summed E-state index contributed by atoms with van der Waals surface area (Å²) in [4.78, 5) is 22.4. The number of amides is 2. The Bertz CT molecular complexity index is 577. The Morgan fingerprint density at radius 2 is 1.86 bits per heavy atom. The van der Waals surface area contributed by atoms with Crippen molar-refractivity contribution in [2.75, 3.05) is 5.32 Å². The lowest BCUT2D eigenvalue weighted by molar-refractivity contribution is -0.203. The lowest BCUT2D eigenvalue weighted by Gasteiger charge is -2.28. The van der Waals surface area contributed by atoms with Crippen molar-refractivity contribution in [1.29, 1.82) is 0 Å². The maximum atomic E-state index is 12.8. The van der Waals surface area contributed by atoms with Crippen molar-refractivity contribution >= 4 is 33.6 Å². The van der Waals surface area contributed by atoms with E-state index in [1.165, 1.54) is 11.4 Å². The predicted octanol–water partition coefficient (Wildman–Crippen LogP) is 3.28. The van der Waals surface area contributed by atoms with Crippen molar-refractivity contribution in [3.63, 3.8) is 0 Å². The van der Waals surface area contributed by atoms with Gasteiger partial charge in [-0.15, -0.1) is 0 Å². The monoisotopic (exact) mass is 368 g/mol. The zero-order valence-corrected chi connectivity index (χ0v) is 12.6. The summed E-state index contributed by atoms with van der Waals surface area (Å²) in [6.07, 6.45) is -5.14. The number of aliphatic carboxylic acids is 1. The van der Waals surface area contributed by atoms with E-state index in [-0.39, 0.29) is 5.69 Å². The molecule has 3 N–H and O–H groups in total. The number of carboxylic acid groups (broad SMARTS) is 1. The van der Waals surface area contributed by atoms with Gasteiger partial charge in [0.1, 0.15) is 0 Å². The quantitative estimate of drug-likeness (QED) is 0.765. The number of aryl methyl sites for hydroxylation is 1. The van der Waals surface area contributed by atoms with Crippen molar-refractivity contribution < 1.29 is 27.9 Å². The van der Waals surface area contributed by atoms with Gasteiger partial charge in [-0.25, -0.2) is 9.59 Å². The van der Waals surface area contributed by atoms with Crippen molar-refractivity contribution in [2.24, 2.45) is 0 Å². The summed E-state index contributed by atoms with van der Waals surface area (Å²) in [6, 6.07) is 3.55. The van der Waals surface area contributed by atoms with Crippen LogP contribution in [0.2, 0.25) is 0 Å². The topological polar surface area (TPSA) is 78.4 Å². The van der Waals surface area contributed by atoms with Gasteiger partial charge in [0.25, 0.3) is 0 Å². The van der Waals surface area contributed by atoms with E-state index in [1.54, 1.807) is 19.1 Å². The molecule has 0 aromatic heterocycles. The Labute approximate surface area is 126 Å². The number of halogens is 4. The third-order valence-corrected chi connectivity index (χ3v) is 3.30. The van der Waals surface area contributed by atoms with Crippen molar-refractivity contribution in [1.82, 2.24) is 5.32 Å². The summed E-state index contributed by atoms with van der Waals surface area (Å²) in [7, 11) is 0. The fourth-order valence-electron chi connectivity index (χ4n) is 1.36. The highest BCUT2D eigenvalue weighted by Gasteiger charge is 2.58. The van der Waals surface area contributed by atoms with E-state index in [9.17, 15) is 22.8 Å². The largest absolute Gasteiger partial charge is 0.479 e. The Kier molecular flexibility index (Phi) is 4.87. The predicted molar refractivity (Wildman–Crippen MR) is 73.1 cm³/mol. The second kappa shape index (κ2) is 5.92. The lowest BCUT2D eigenvalue weighted by atomic mass is 10.0. The summed E-state index contributed by atoms with van der Waals surface area (Å²) in [5, 5.41) is 12.3. The first-order chi connectivity index (χ1) is 9.47. The molecule has 1 rings (SSSR count). The van der Waals surface area contributed by atoms with Gasteiger partial charge in [0.15, 0.2) is 0 Å². The molecule has 0 aliphatic rings. The second-order valence-corrected chi connectivity index (χ2v) is 5.38. The summed E-state index contributed by atoms with van der Waals surface area (Å²) in [5.41, 5.74) is -2.51. The standard InChI is InChI=1S/C12H12BrF3N2O3/c1-6-3-4-7(13)5-8(6)17-10(21)18-11(2,9(19)20)12(14,15)16/h3-5H,1-2H3,(H,19,20)(H2,17,18,21). The van der Waals surface area contributed by atoms with Crippen LogP contribution in [0.4, 0.5) is 23.7 Å². The zero-order chi connectivity index (χ0) is 16.4. The molecule has 1 aromatic rings.